The molecule has 2 aromatic rings. The molecule has 1 N–H and O–H groups in total. The molecule has 1 fully saturated rings. The van der Waals surface area contributed by atoms with Crippen molar-refractivity contribution in [2.24, 2.45) is 0 Å². The number of nitrogens with one attached hydrogen (secondary N) is 1. The first-order chi connectivity index (χ1) is 13.5. The van der Waals surface area contributed by atoms with Gasteiger partial charge in [0, 0.05) is 17.9 Å². The predicted octanol–water partition coefficient (Wildman–Crippen LogP) is 2.90. The van der Waals surface area contributed by atoms with Crippen LogP contribution < -0.4 is 14.8 Å². The number of thioether (sulfide) groups is 1. The molecular weight excluding hydrogens is 376 g/mol. The first-order valence-corrected chi connectivity index (χ1v) is 10.1. The maximum atomic E-state index is 13.1. The molecule has 7 heteroatoms. The summed E-state index contributed by atoms with van der Waals surface area (Å²) < 4.78 is 10.8. The second-order valence-electron chi connectivity index (χ2n) is 6.88. The molecule has 0 unspecified atom stereocenters. The second kappa shape index (κ2) is 7.39. The van der Waals surface area contributed by atoms with Crippen molar-refractivity contribution in [3.8, 4) is 11.5 Å². The van der Waals surface area contributed by atoms with Gasteiger partial charge in [0.15, 0.2) is 11.5 Å². The van der Waals surface area contributed by atoms with Crippen LogP contribution in [-0.4, -0.2) is 42.7 Å². The highest BCUT2D eigenvalue weighted by Gasteiger charge is 2.50. The monoisotopic (exact) mass is 398 g/mol. The SMILES string of the molecule is COc1ccc2c(c1OC)C(=O)N1[C@@H]2SC[C@H]1C(=O)NCc1ccc(C)cc1. The minimum atomic E-state index is -0.504. The van der Waals surface area contributed by atoms with Crippen LogP contribution in [0.3, 0.4) is 0 Å². The number of ether oxygens (including phenoxy) is 2. The zero-order valence-electron chi connectivity index (χ0n) is 16.0. The third-order valence-corrected chi connectivity index (χ3v) is 6.49. The Hall–Kier alpha value is -2.67. The average Bonchev–Trinajstić information content (AvgIpc) is 3.26. The van der Waals surface area contributed by atoms with E-state index in [1.54, 1.807) is 29.8 Å². The lowest BCUT2D eigenvalue weighted by atomic mass is 10.1. The Morgan fingerprint density at radius 1 is 1.18 bits per heavy atom. The summed E-state index contributed by atoms with van der Waals surface area (Å²) in [6.07, 6.45) is 0. The van der Waals surface area contributed by atoms with E-state index in [2.05, 4.69) is 5.32 Å². The van der Waals surface area contributed by atoms with E-state index in [0.717, 1.165) is 11.1 Å². The topological polar surface area (TPSA) is 67.9 Å². The largest absolute Gasteiger partial charge is 0.493 e. The number of hydrogen-bond acceptors (Lipinski definition) is 5. The molecule has 2 amide bonds. The Morgan fingerprint density at radius 2 is 1.93 bits per heavy atom. The van der Waals surface area contributed by atoms with Gasteiger partial charge in [-0.2, -0.15) is 0 Å². The quantitative estimate of drug-likeness (QED) is 0.839. The molecule has 0 saturated carbocycles. The fourth-order valence-electron chi connectivity index (χ4n) is 3.71. The average molecular weight is 398 g/mol. The number of nitrogens with zero attached hydrogens (tertiary/aromatic N) is 1. The molecule has 2 aliphatic heterocycles. The minimum absolute atomic E-state index is 0.136. The first-order valence-electron chi connectivity index (χ1n) is 9.07. The van der Waals surface area contributed by atoms with Gasteiger partial charge in [0.25, 0.3) is 5.91 Å². The fourth-order valence-corrected chi connectivity index (χ4v) is 5.16. The number of fused-ring (bicyclic) bond motifs is 3. The number of hydrogen-bond donors (Lipinski definition) is 1. The number of carbonyl (C=O) groups is 2. The van der Waals surface area contributed by atoms with Gasteiger partial charge in [-0.1, -0.05) is 35.9 Å². The van der Waals surface area contributed by atoms with E-state index in [-0.39, 0.29) is 17.2 Å². The zero-order valence-corrected chi connectivity index (χ0v) is 16.8. The normalized spacial score (nSPS) is 20.0. The van der Waals surface area contributed by atoms with E-state index in [4.69, 9.17) is 9.47 Å². The molecule has 0 bridgehead atoms. The summed E-state index contributed by atoms with van der Waals surface area (Å²) >= 11 is 1.60. The molecule has 0 spiro atoms. The lowest BCUT2D eigenvalue weighted by Crippen LogP contribution is -2.45. The smallest absolute Gasteiger partial charge is 0.260 e. The van der Waals surface area contributed by atoms with Crippen LogP contribution in [0, 0.1) is 6.92 Å². The van der Waals surface area contributed by atoms with Crippen molar-refractivity contribution in [1.82, 2.24) is 10.2 Å². The molecule has 4 rings (SSSR count). The van der Waals surface area contributed by atoms with Crippen molar-refractivity contribution in [1.29, 1.82) is 0 Å². The minimum Gasteiger partial charge on any atom is -0.493 e. The van der Waals surface area contributed by atoms with Crippen LogP contribution in [-0.2, 0) is 11.3 Å². The summed E-state index contributed by atoms with van der Waals surface area (Å²) in [6, 6.07) is 11.2. The molecule has 6 nitrogen and oxygen atoms in total. The summed E-state index contributed by atoms with van der Waals surface area (Å²) in [7, 11) is 3.06. The summed E-state index contributed by atoms with van der Waals surface area (Å²) in [6.45, 7) is 2.47. The second-order valence-corrected chi connectivity index (χ2v) is 8.00. The van der Waals surface area contributed by atoms with Gasteiger partial charge in [-0.3, -0.25) is 9.59 Å². The van der Waals surface area contributed by atoms with Crippen molar-refractivity contribution < 1.29 is 19.1 Å². The van der Waals surface area contributed by atoms with Gasteiger partial charge in [-0.05, 0) is 18.6 Å². The summed E-state index contributed by atoms with van der Waals surface area (Å²) in [5.41, 5.74) is 3.58. The Kier molecular flexibility index (Phi) is 4.93. The number of carbonyl (C=O) groups excluding carboxylic acids is 2. The highest BCUT2D eigenvalue weighted by molar-refractivity contribution is 7.99. The summed E-state index contributed by atoms with van der Waals surface area (Å²) in [5, 5.41) is 2.80. The summed E-state index contributed by atoms with van der Waals surface area (Å²) in [4.78, 5) is 27.6. The van der Waals surface area contributed by atoms with E-state index in [1.807, 2.05) is 37.3 Å². The predicted molar refractivity (Wildman–Crippen MR) is 108 cm³/mol. The van der Waals surface area contributed by atoms with Crippen LogP contribution in [0.1, 0.15) is 32.4 Å². The molecule has 2 aliphatic rings. The summed E-state index contributed by atoms with van der Waals surface area (Å²) in [5.74, 6) is 1.20. The van der Waals surface area contributed by atoms with Crippen LogP contribution in [0.5, 0.6) is 11.5 Å². The third-order valence-electron chi connectivity index (χ3n) is 5.18. The first kappa shape index (κ1) is 18.7. The molecular formula is C21H22N2O4S. The van der Waals surface area contributed by atoms with Gasteiger partial charge in [0.2, 0.25) is 5.91 Å². The van der Waals surface area contributed by atoms with Crippen LogP contribution in [0.15, 0.2) is 36.4 Å². The maximum absolute atomic E-state index is 13.1. The standard InChI is InChI=1S/C21H22N2O4S/c1-12-4-6-13(7-5-12)10-22-19(24)15-11-28-21-14-8-9-16(26-2)18(27-3)17(14)20(25)23(15)21/h4-9,15,21H,10-11H2,1-3H3,(H,22,24)/t15-,21+/m0/s1. The van der Waals surface area contributed by atoms with Crippen LogP contribution in [0.25, 0.3) is 0 Å². The van der Waals surface area contributed by atoms with Crippen molar-refractivity contribution in [2.75, 3.05) is 20.0 Å². The van der Waals surface area contributed by atoms with E-state index < -0.39 is 6.04 Å². The number of methoxy groups -OCH3 is 2. The van der Waals surface area contributed by atoms with Gasteiger partial charge in [0.05, 0.1) is 19.8 Å². The molecule has 2 heterocycles. The van der Waals surface area contributed by atoms with Crippen LogP contribution in [0.4, 0.5) is 0 Å². The molecule has 0 radical (unpaired) electrons. The Bertz CT molecular complexity index is 929. The van der Waals surface area contributed by atoms with Crippen molar-refractivity contribution in [3.05, 3.63) is 58.7 Å². The molecule has 0 aliphatic carbocycles. The maximum Gasteiger partial charge on any atom is 0.260 e. The fraction of sp³-hybridized carbons (Fsp3) is 0.333. The lowest BCUT2D eigenvalue weighted by Gasteiger charge is -2.22. The van der Waals surface area contributed by atoms with Gasteiger partial charge in [0.1, 0.15) is 11.4 Å². The number of amides is 2. The van der Waals surface area contributed by atoms with Crippen molar-refractivity contribution >= 4 is 23.6 Å². The number of aryl methyl sites for hydroxylation is 1. The third kappa shape index (κ3) is 2.99. The van der Waals surface area contributed by atoms with Gasteiger partial charge < -0.3 is 19.7 Å². The van der Waals surface area contributed by atoms with E-state index in [0.29, 0.717) is 29.4 Å². The highest BCUT2D eigenvalue weighted by Crippen LogP contribution is 2.52. The van der Waals surface area contributed by atoms with Gasteiger partial charge >= 0.3 is 0 Å². The van der Waals surface area contributed by atoms with E-state index in [1.165, 1.54) is 12.7 Å². The molecule has 1 saturated heterocycles. The van der Waals surface area contributed by atoms with E-state index in [9.17, 15) is 9.59 Å². The Morgan fingerprint density at radius 3 is 2.61 bits per heavy atom. The Labute approximate surface area is 168 Å². The van der Waals surface area contributed by atoms with Crippen molar-refractivity contribution in [2.45, 2.75) is 24.9 Å². The molecule has 2 aromatic carbocycles. The van der Waals surface area contributed by atoms with Crippen molar-refractivity contribution in [3.63, 3.8) is 0 Å². The van der Waals surface area contributed by atoms with Crippen LogP contribution in [0.2, 0.25) is 0 Å². The highest BCUT2D eigenvalue weighted by atomic mass is 32.2. The lowest BCUT2D eigenvalue weighted by molar-refractivity contribution is -0.124. The number of benzene rings is 2. The molecule has 2 atom stereocenters. The van der Waals surface area contributed by atoms with Gasteiger partial charge in [-0.15, -0.1) is 11.8 Å². The molecule has 146 valence electrons. The molecule has 28 heavy (non-hydrogen) atoms. The molecule has 0 aromatic heterocycles. The number of rotatable bonds is 5. The zero-order chi connectivity index (χ0) is 19.8. The van der Waals surface area contributed by atoms with Gasteiger partial charge in [-0.25, -0.2) is 0 Å². The Balaban J connectivity index is 1.54. The van der Waals surface area contributed by atoms with E-state index >= 15 is 0 Å². The van der Waals surface area contributed by atoms with Crippen LogP contribution >= 0.6 is 11.8 Å².